The van der Waals surface area contributed by atoms with E-state index in [0.717, 1.165) is 56.5 Å². The smallest absolute Gasteiger partial charge is 0.233 e. The highest BCUT2D eigenvalue weighted by atomic mass is 16.5. The van der Waals surface area contributed by atoms with Gasteiger partial charge in [0.2, 0.25) is 5.91 Å². The van der Waals surface area contributed by atoms with Gasteiger partial charge in [0, 0.05) is 12.2 Å². The minimum atomic E-state index is -0.561. The fraction of sp³-hybridized carbons (Fsp3) is 0.650. The monoisotopic (exact) mass is 331 g/mol. The Labute approximate surface area is 144 Å². The van der Waals surface area contributed by atoms with Crippen LogP contribution < -0.4 is 9.64 Å². The van der Waals surface area contributed by atoms with Crippen LogP contribution in [0, 0.1) is 5.41 Å². The third kappa shape index (κ3) is 3.16. The Bertz CT molecular complexity index is 585. The maximum atomic E-state index is 13.1. The molecular weight excluding hydrogens is 302 g/mol. The van der Waals surface area contributed by atoms with E-state index in [-0.39, 0.29) is 17.4 Å². The molecule has 1 amide bonds. The van der Waals surface area contributed by atoms with Crippen LogP contribution in [0.4, 0.5) is 5.69 Å². The van der Waals surface area contributed by atoms with E-state index in [1.807, 2.05) is 49.9 Å². The third-order valence-corrected chi connectivity index (χ3v) is 5.83. The summed E-state index contributed by atoms with van der Waals surface area (Å²) >= 11 is 0. The lowest BCUT2D eigenvalue weighted by atomic mass is 9.67. The van der Waals surface area contributed by atoms with Crippen molar-refractivity contribution in [2.45, 2.75) is 71.0 Å². The average molecular weight is 331 g/mol. The number of anilines is 1. The number of ether oxygens (including phenoxy) is 1. The molecule has 1 aromatic rings. The zero-order valence-corrected chi connectivity index (χ0v) is 15.0. The molecule has 0 radical (unpaired) electrons. The molecule has 1 aromatic carbocycles. The summed E-state index contributed by atoms with van der Waals surface area (Å²) in [7, 11) is 0. The molecule has 1 aliphatic heterocycles. The summed E-state index contributed by atoms with van der Waals surface area (Å²) < 4.78 is 5.67. The quantitative estimate of drug-likeness (QED) is 0.910. The summed E-state index contributed by atoms with van der Waals surface area (Å²) in [6.45, 7) is 6.81. The number of carbonyl (C=O) groups is 1. The van der Waals surface area contributed by atoms with Crippen molar-refractivity contribution < 1.29 is 14.6 Å². The number of rotatable bonds is 4. The van der Waals surface area contributed by atoms with Gasteiger partial charge in [0.1, 0.15) is 5.75 Å². The maximum Gasteiger partial charge on any atom is 0.233 e. The van der Waals surface area contributed by atoms with Crippen LogP contribution in [0.15, 0.2) is 24.3 Å². The second-order valence-corrected chi connectivity index (χ2v) is 7.73. The third-order valence-electron chi connectivity index (χ3n) is 5.83. The highest BCUT2D eigenvalue weighted by molar-refractivity contribution is 6.00. The average Bonchev–Trinajstić information content (AvgIpc) is 2.88. The SMILES string of the molecule is CCC1(O)CCC2(CCN(c3ccc(OC(C)C)cc3)C2=O)CC1. The Morgan fingerprint density at radius 2 is 1.75 bits per heavy atom. The van der Waals surface area contributed by atoms with Crippen molar-refractivity contribution >= 4 is 11.6 Å². The van der Waals surface area contributed by atoms with Crippen molar-refractivity contribution in [2.24, 2.45) is 5.41 Å². The Morgan fingerprint density at radius 1 is 1.12 bits per heavy atom. The number of benzene rings is 1. The summed E-state index contributed by atoms with van der Waals surface area (Å²) in [5.41, 5.74) is 0.132. The van der Waals surface area contributed by atoms with Gasteiger partial charge in [-0.2, -0.15) is 0 Å². The van der Waals surface area contributed by atoms with E-state index in [9.17, 15) is 9.90 Å². The second kappa shape index (κ2) is 6.40. The van der Waals surface area contributed by atoms with E-state index in [4.69, 9.17) is 4.74 Å². The van der Waals surface area contributed by atoms with Gasteiger partial charge >= 0.3 is 0 Å². The molecule has 0 aromatic heterocycles. The predicted molar refractivity (Wildman–Crippen MR) is 95.3 cm³/mol. The molecule has 4 nitrogen and oxygen atoms in total. The number of nitrogens with zero attached hydrogens (tertiary/aromatic N) is 1. The Hall–Kier alpha value is -1.55. The van der Waals surface area contributed by atoms with Crippen LogP contribution in [0.1, 0.15) is 59.3 Å². The molecule has 0 unspecified atom stereocenters. The lowest BCUT2D eigenvalue weighted by molar-refractivity contribution is -0.130. The van der Waals surface area contributed by atoms with Gasteiger partial charge in [-0.1, -0.05) is 6.92 Å². The molecule has 132 valence electrons. The van der Waals surface area contributed by atoms with Crippen molar-refractivity contribution in [2.75, 3.05) is 11.4 Å². The molecule has 1 spiro atoms. The lowest BCUT2D eigenvalue weighted by Crippen LogP contribution is -2.43. The van der Waals surface area contributed by atoms with E-state index in [2.05, 4.69) is 0 Å². The van der Waals surface area contributed by atoms with Gasteiger partial charge < -0.3 is 14.7 Å². The maximum absolute atomic E-state index is 13.1. The first-order valence-corrected chi connectivity index (χ1v) is 9.19. The van der Waals surface area contributed by atoms with Gasteiger partial charge in [-0.3, -0.25) is 4.79 Å². The lowest BCUT2D eigenvalue weighted by Gasteiger charge is -2.40. The molecule has 2 aliphatic rings. The predicted octanol–water partition coefficient (Wildman–Crippen LogP) is 3.91. The van der Waals surface area contributed by atoms with Crippen molar-refractivity contribution in [1.82, 2.24) is 0 Å². The van der Waals surface area contributed by atoms with Crippen molar-refractivity contribution in [3.8, 4) is 5.75 Å². The van der Waals surface area contributed by atoms with Gasteiger partial charge in [-0.05, 0) is 76.6 Å². The van der Waals surface area contributed by atoms with Gasteiger partial charge in [0.05, 0.1) is 17.1 Å². The molecule has 0 bridgehead atoms. The largest absolute Gasteiger partial charge is 0.491 e. The number of aliphatic hydroxyl groups is 1. The molecule has 1 heterocycles. The normalized spacial score (nSPS) is 30.4. The number of amides is 1. The molecular formula is C20H29NO3. The highest BCUT2D eigenvalue weighted by Crippen LogP contribution is 2.49. The topological polar surface area (TPSA) is 49.8 Å². The zero-order valence-electron chi connectivity index (χ0n) is 15.0. The Morgan fingerprint density at radius 3 is 2.29 bits per heavy atom. The van der Waals surface area contributed by atoms with Crippen LogP contribution in [0.2, 0.25) is 0 Å². The first-order chi connectivity index (χ1) is 11.4. The summed E-state index contributed by atoms with van der Waals surface area (Å²) in [4.78, 5) is 15.0. The molecule has 1 N–H and O–H groups in total. The van der Waals surface area contributed by atoms with E-state index < -0.39 is 5.60 Å². The van der Waals surface area contributed by atoms with Gasteiger partial charge in [0.15, 0.2) is 0 Å². The van der Waals surface area contributed by atoms with Gasteiger partial charge in [0.25, 0.3) is 0 Å². The van der Waals surface area contributed by atoms with E-state index in [0.29, 0.717) is 0 Å². The van der Waals surface area contributed by atoms with Gasteiger partial charge in [-0.15, -0.1) is 0 Å². The molecule has 3 rings (SSSR count). The van der Waals surface area contributed by atoms with Crippen LogP contribution in [-0.4, -0.2) is 29.3 Å². The van der Waals surface area contributed by atoms with E-state index in [1.165, 1.54) is 0 Å². The van der Waals surface area contributed by atoms with Crippen LogP contribution in [0.3, 0.4) is 0 Å². The van der Waals surface area contributed by atoms with Crippen molar-refractivity contribution in [3.05, 3.63) is 24.3 Å². The molecule has 1 saturated heterocycles. The highest BCUT2D eigenvalue weighted by Gasteiger charge is 2.51. The first-order valence-electron chi connectivity index (χ1n) is 9.19. The van der Waals surface area contributed by atoms with Crippen LogP contribution in [0.25, 0.3) is 0 Å². The molecule has 1 aliphatic carbocycles. The minimum Gasteiger partial charge on any atom is -0.491 e. The number of carbonyl (C=O) groups excluding carboxylic acids is 1. The molecule has 2 fully saturated rings. The Balaban J connectivity index is 1.70. The summed E-state index contributed by atoms with van der Waals surface area (Å²) in [6, 6.07) is 7.81. The minimum absolute atomic E-state index is 0.145. The first kappa shape index (κ1) is 17.3. The zero-order chi connectivity index (χ0) is 17.4. The standard InChI is InChI=1S/C20H29NO3/c1-4-20(23)11-9-19(10-12-20)13-14-21(18(19)22)16-5-7-17(8-6-16)24-15(2)3/h5-8,15,23H,4,9-14H2,1-3H3. The molecule has 0 atom stereocenters. The second-order valence-electron chi connectivity index (χ2n) is 7.73. The van der Waals surface area contributed by atoms with E-state index in [1.54, 1.807) is 0 Å². The summed E-state index contributed by atoms with van der Waals surface area (Å²) in [5, 5.41) is 10.5. The summed E-state index contributed by atoms with van der Waals surface area (Å²) in [6.07, 6.45) is 4.91. The van der Waals surface area contributed by atoms with Crippen LogP contribution in [-0.2, 0) is 4.79 Å². The molecule has 4 heteroatoms. The van der Waals surface area contributed by atoms with Crippen molar-refractivity contribution in [1.29, 1.82) is 0 Å². The fourth-order valence-electron chi connectivity index (χ4n) is 4.06. The molecule has 1 saturated carbocycles. The summed E-state index contributed by atoms with van der Waals surface area (Å²) in [5.74, 6) is 1.07. The number of hydrogen-bond acceptors (Lipinski definition) is 3. The van der Waals surface area contributed by atoms with Gasteiger partial charge in [-0.25, -0.2) is 0 Å². The van der Waals surface area contributed by atoms with Crippen LogP contribution in [0.5, 0.6) is 5.75 Å². The van der Waals surface area contributed by atoms with E-state index >= 15 is 0 Å². The van der Waals surface area contributed by atoms with Crippen molar-refractivity contribution in [3.63, 3.8) is 0 Å². The fourth-order valence-corrected chi connectivity index (χ4v) is 4.06. The number of hydrogen-bond donors (Lipinski definition) is 1. The van der Waals surface area contributed by atoms with Crippen LogP contribution >= 0.6 is 0 Å². The molecule has 24 heavy (non-hydrogen) atoms. The Kier molecular flexibility index (Phi) is 4.60.